The van der Waals surface area contributed by atoms with E-state index >= 15 is 0 Å². The molecule has 0 fully saturated rings. The van der Waals surface area contributed by atoms with Crippen molar-refractivity contribution in [1.29, 1.82) is 0 Å². The molecule has 0 saturated heterocycles. The zero-order valence-electron chi connectivity index (χ0n) is 9.14. The predicted molar refractivity (Wildman–Crippen MR) is 73.1 cm³/mol. The summed E-state index contributed by atoms with van der Waals surface area (Å²) in [7, 11) is 1.89. The summed E-state index contributed by atoms with van der Waals surface area (Å²) < 4.78 is 1.99. The average Bonchev–Trinajstić information content (AvgIpc) is 2.93. The number of anilines is 1. The Morgan fingerprint density at radius 1 is 1.41 bits per heavy atom. The summed E-state index contributed by atoms with van der Waals surface area (Å²) in [4.78, 5) is 5.59. The number of hydrogen-bond donors (Lipinski definition) is 1. The summed E-state index contributed by atoms with van der Waals surface area (Å²) in [6.45, 7) is 0. The van der Waals surface area contributed by atoms with Crippen LogP contribution in [-0.4, -0.2) is 16.4 Å². The van der Waals surface area contributed by atoms with Gasteiger partial charge in [0.15, 0.2) is 0 Å². The molecule has 5 heteroatoms. The molecule has 0 aliphatic heterocycles. The smallest absolute Gasteiger partial charge is 0.139 e. The Kier molecular flexibility index (Phi) is 2.53. The summed E-state index contributed by atoms with van der Waals surface area (Å²) >= 11 is 7.71. The molecule has 0 saturated carbocycles. The third-order valence-electron chi connectivity index (χ3n) is 2.60. The van der Waals surface area contributed by atoms with E-state index in [0.717, 1.165) is 26.9 Å². The van der Waals surface area contributed by atoms with Gasteiger partial charge in [0.25, 0.3) is 0 Å². The topological polar surface area (TPSA) is 29.3 Å². The molecule has 1 N–H and O–H groups in total. The van der Waals surface area contributed by atoms with Crippen molar-refractivity contribution in [3.63, 3.8) is 0 Å². The highest BCUT2D eigenvalue weighted by Crippen LogP contribution is 2.32. The summed E-state index contributed by atoms with van der Waals surface area (Å²) in [5, 5.41) is 5.83. The highest BCUT2D eigenvalue weighted by Gasteiger charge is 2.09. The van der Waals surface area contributed by atoms with E-state index in [1.807, 2.05) is 47.4 Å². The third kappa shape index (κ3) is 1.79. The van der Waals surface area contributed by atoms with Crippen molar-refractivity contribution in [2.45, 2.75) is 0 Å². The molecule has 86 valence electrons. The Morgan fingerprint density at radius 3 is 3.00 bits per heavy atom. The highest BCUT2D eigenvalue weighted by molar-refractivity contribution is 7.14. The molecule has 0 atom stereocenters. The lowest BCUT2D eigenvalue weighted by molar-refractivity contribution is 1.18. The number of thiophene rings is 1. The molecule has 3 aromatic heterocycles. The van der Waals surface area contributed by atoms with E-state index in [9.17, 15) is 0 Å². The van der Waals surface area contributed by atoms with E-state index in [1.165, 1.54) is 0 Å². The van der Waals surface area contributed by atoms with Crippen LogP contribution in [0.25, 0.3) is 16.2 Å². The zero-order valence-corrected chi connectivity index (χ0v) is 10.7. The van der Waals surface area contributed by atoms with Crippen LogP contribution >= 0.6 is 22.9 Å². The van der Waals surface area contributed by atoms with Crippen molar-refractivity contribution >= 4 is 34.3 Å². The van der Waals surface area contributed by atoms with Gasteiger partial charge < -0.3 is 9.72 Å². The van der Waals surface area contributed by atoms with Crippen molar-refractivity contribution in [3.8, 4) is 10.6 Å². The van der Waals surface area contributed by atoms with E-state index in [0.29, 0.717) is 0 Å². The lowest BCUT2D eigenvalue weighted by Gasteiger charge is -1.98. The monoisotopic (exact) mass is 263 g/mol. The molecule has 0 unspecified atom stereocenters. The average molecular weight is 264 g/mol. The lowest BCUT2D eigenvalue weighted by atomic mass is 10.4. The second-order valence-electron chi connectivity index (χ2n) is 3.65. The van der Waals surface area contributed by atoms with Gasteiger partial charge in [0, 0.05) is 31.2 Å². The second-order valence-corrected chi connectivity index (χ2v) is 4.98. The van der Waals surface area contributed by atoms with E-state index in [2.05, 4.69) is 10.3 Å². The van der Waals surface area contributed by atoms with Crippen LogP contribution in [-0.2, 0) is 0 Å². The van der Waals surface area contributed by atoms with Crippen molar-refractivity contribution in [1.82, 2.24) is 9.38 Å². The number of rotatable bonds is 2. The van der Waals surface area contributed by atoms with E-state index in [4.69, 9.17) is 11.6 Å². The Hall–Kier alpha value is -1.52. The maximum absolute atomic E-state index is 6.11. The van der Waals surface area contributed by atoms with Crippen LogP contribution in [0.4, 0.5) is 5.69 Å². The molecule has 17 heavy (non-hydrogen) atoms. The van der Waals surface area contributed by atoms with Gasteiger partial charge in [0.1, 0.15) is 11.3 Å². The number of aromatic nitrogens is 2. The van der Waals surface area contributed by atoms with E-state index < -0.39 is 0 Å². The van der Waals surface area contributed by atoms with Crippen molar-refractivity contribution in [2.24, 2.45) is 0 Å². The lowest BCUT2D eigenvalue weighted by Crippen LogP contribution is -1.89. The Balaban J connectivity index is 2.17. The molecule has 3 rings (SSSR count). The SMILES string of the molecule is CNc1ccn2cc(-c3sccc3Cl)nc2c1. The van der Waals surface area contributed by atoms with Crippen molar-refractivity contribution in [3.05, 3.63) is 41.0 Å². The zero-order chi connectivity index (χ0) is 11.8. The van der Waals surface area contributed by atoms with Crippen molar-refractivity contribution < 1.29 is 0 Å². The molecular weight excluding hydrogens is 254 g/mol. The van der Waals surface area contributed by atoms with Gasteiger partial charge in [-0.2, -0.15) is 0 Å². The number of pyridine rings is 1. The third-order valence-corrected chi connectivity index (χ3v) is 3.96. The first-order chi connectivity index (χ1) is 8.28. The van der Waals surface area contributed by atoms with Crippen LogP contribution in [0.1, 0.15) is 0 Å². The first-order valence-corrected chi connectivity index (χ1v) is 6.43. The number of halogens is 1. The Morgan fingerprint density at radius 2 is 2.29 bits per heavy atom. The van der Waals surface area contributed by atoms with Gasteiger partial charge >= 0.3 is 0 Å². The van der Waals surface area contributed by atoms with Crippen LogP contribution in [0.3, 0.4) is 0 Å². The second kappa shape index (κ2) is 4.05. The molecule has 0 aliphatic carbocycles. The van der Waals surface area contributed by atoms with Gasteiger partial charge in [0.05, 0.1) is 9.90 Å². The number of nitrogens with zero attached hydrogens (tertiary/aromatic N) is 2. The summed E-state index contributed by atoms with van der Waals surface area (Å²) in [6.07, 6.45) is 3.98. The highest BCUT2D eigenvalue weighted by atomic mass is 35.5. The van der Waals surface area contributed by atoms with Gasteiger partial charge in [-0.1, -0.05) is 11.6 Å². The molecule has 0 aliphatic rings. The predicted octanol–water partition coefficient (Wildman–Crippen LogP) is 3.76. The largest absolute Gasteiger partial charge is 0.388 e. The molecule has 0 aromatic carbocycles. The van der Waals surface area contributed by atoms with Crippen LogP contribution < -0.4 is 5.32 Å². The fourth-order valence-electron chi connectivity index (χ4n) is 1.72. The molecule has 0 radical (unpaired) electrons. The van der Waals surface area contributed by atoms with Crippen molar-refractivity contribution in [2.75, 3.05) is 12.4 Å². The van der Waals surface area contributed by atoms with E-state index in [-0.39, 0.29) is 0 Å². The van der Waals surface area contributed by atoms with Gasteiger partial charge in [-0.25, -0.2) is 4.98 Å². The standard InChI is InChI=1S/C12H10ClN3S/c1-14-8-2-4-16-7-10(15-11(16)6-8)12-9(13)3-5-17-12/h2-7,14H,1H3. The maximum atomic E-state index is 6.11. The first kappa shape index (κ1) is 10.6. The van der Waals surface area contributed by atoms with Crippen LogP contribution in [0.15, 0.2) is 36.0 Å². The van der Waals surface area contributed by atoms with Gasteiger partial charge in [-0.15, -0.1) is 11.3 Å². The van der Waals surface area contributed by atoms with E-state index in [1.54, 1.807) is 11.3 Å². The minimum absolute atomic E-state index is 0.757. The minimum Gasteiger partial charge on any atom is -0.388 e. The van der Waals surface area contributed by atoms with Crippen LogP contribution in [0, 0.1) is 0 Å². The van der Waals surface area contributed by atoms with Crippen LogP contribution in [0.2, 0.25) is 5.02 Å². The molecule has 3 aromatic rings. The molecule has 0 amide bonds. The Labute approximate surface area is 108 Å². The summed E-state index contributed by atoms with van der Waals surface area (Å²) in [6, 6.07) is 5.91. The fourth-order valence-corrected chi connectivity index (χ4v) is 2.83. The number of nitrogens with one attached hydrogen (secondary N) is 1. The molecule has 0 bridgehead atoms. The molecule has 0 spiro atoms. The number of imidazole rings is 1. The summed E-state index contributed by atoms with van der Waals surface area (Å²) in [5.41, 5.74) is 2.88. The quantitative estimate of drug-likeness (QED) is 0.763. The maximum Gasteiger partial charge on any atom is 0.139 e. The van der Waals surface area contributed by atoms with Gasteiger partial charge in [-0.05, 0) is 17.5 Å². The number of fused-ring (bicyclic) bond motifs is 1. The molecule has 3 nitrogen and oxygen atoms in total. The normalized spacial score (nSPS) is 10.9. The van der Waals surface area contributed by atoms with Gasteiger partial charge in [0.2, 0.25) is 0 Å². The molecule has 3 heterocycles. The first-order valence-electron chi connectivity index (χ1n) is 5.18. The van der Waals surface area contributed by atoms with Crippen LogP contribution in [0.5, 0.6) is 0 Å². The Bertz CT molecular complexity index is 671. The minimum atomic E-state index is 0.757. The fraction of sp³-hybridized carbons (Fsp3) is 0.0833. The number of hydrogen-bond acceptors (Lipinski definition) is 3. The van der Waals surface area contributed by atoms with Gasteiger partial charge in [-0.3, -0.25) is 0 Å². The summed E-state index contributed by atoms with van der Waals surface area (Å²) in [5.74, 6) is 0. The molecular formula is C12H10ClN3S.